The largest absolute Gasteiger partial charge is 0.487 e. The fraction of sp³-hybridized carbons (Fsp3) is 0.167. The van der Waals surface area contributed by atoms with Crippen LogP contribution in [0.4, 0.5) is 13.2 Å². The van der Waals surface area contributed by atoms with Gasteiger partial charge in [-0.1, -0.05) is 28.9 Å². The number of aliphatic imine (C=N–C) groups is 1. The summed E-state index contributed by atoms with van der Waals surface area (Å²) in [5, 5.41) is 10.8. The standard InChI is InChI=1S/C18H14ClF3N4O/c1-23-9-15-17(25-26-24-15)12-5-6-16(14(19)8-12)27-10-11-3-2-4-13(7-11)18(20,21)22/h2-9H,10H2,1H3,(H,24,25,26)/b23-9+. The SMILES string of the molecule is C/N=C/c1[nH]nnc1-c1ccc(OCc2cccc(C(F)(F)F)c2)c(Cl)c1. The number of aromatic nitrogens is 3. The molecule has 1 N–H and O–H groups in total. The van der Waals surface area contributed by atoms with Crippen LogP contribution in [0.5, 0.6) is 5.75 Å². The first-order valence-corrected chi connectivity index (χ1v) is 8.18. The minimum absolute atomic E-state index is 0.0410. The normalized spacial score (nSPS) is 11.9. The van der Waals surface area contributed by atoms with Crippen LogP contribution in [0.1, 0.15) is 16.8 Å². The lowest BCUT2D eigenvalue weighted by molar-refractivity contribution is -0.137. The highest BCUT2D eigenvalue weighted by molar-refractivity contribution is 6.32. The second-order valence-corrected chi connectivity index (χ2v) is 6.00. The van der Waals surface area contributed by atoms with Crippen molar-refractivity contribution in [2.75, 3.05) is 7.05 Å². The van der Waals surface area contributed by atoms with Gasteiger partial charge in [0.25, 0.3) is 0 Å². The zero-order valence-corrected chi connectivity index (χ0v) is 14.8. The van der Waals surface area contributed by atoms with E-state index in [9.17, 15) is 13.2 Å². The van der Waals surface area contributed by atoms with Gasteiger partial charge in [-0.2, -0.15) is 13.2 Å². The Hall–Kier alpha value is -2.87. The Morgan fingerprint density at radius 2 is 2.04 bits per heavy atom. The molecule has 3 aromatic rings. The molecule has 0 saturated carbocycles. The van der Waals surface area contributed by atoms with E-state index in [4.69, 9.17) is 16.3 Å². The Kier molecular flexibility index (Phi) is 5.46. The van der Waals surface area contributed by atoms with Gasteiger partial charge in [0, 0.05) is 18.8 Å². The van der Waals surface area contributed by atoms with Crippen LogP contribution in [-0.2, 0) is 12.8 Å². The predicted molar refractivity (Wildman–Crippen MR) is 96.1 cm³/mol. The lowest BCUT2D eigenvalue weighted by Crippen LogP contribution is -2.06. The average molecular weight is 395 g/mol. The van der Waals surface area contributed by atoms with Gasteiger partial charge in [-0.05, 0) is 35.9 Å². The number of halogens is 4. The van der Waals surface area contributed by atoms with Gasteiger partial charge < -0.3 is 4.74 Å². The number of aromatic amines is 1. The van der Waals surface area contributed by atoms with E-state index in [0.29, 0.717) is 33.3 Å². The second kappa shape index (κ2) is 7.79. The summed E-state index contributed by atoms with van der Waals surface area (Å²) in [5.74, 6) is 0.354. The van der Waals surface area contributed by atoms with Gasteiger partial charge in [-0.15, -0.1) is 5.10 Å². The van der Waals surface area contributed by atoms with E-state index in [2.05, 4.69) is 20.4 Å². The van der Waals surface area contributed by atoms with Gasteiger partial charge in [-0.25, -0.2) is 0 Å². The Labute approximate surface area is 157 Å². The minimum Gasteiger partial charge on any atom is -0.487 e. The fourth-order valence-corrected chi connectivity index (χ4v) is 2.67. The van der Waals surface area contributed by atoms with Gasteiger partial charge in [0.1, 0.15) is 23.7 Å². The smallest absolute Gasteiger partial charge is 0.416 e. The van der Waals surface area contributed by atoms with Crippen molar-refractivity contribution in [3.05, 3.63) is 64.3 Å². The Bertz CT molecular complexity index is 969. The summed E-state index contributed by atoms with van der Waals surface area (Å²) in [6.45, 7) is -0.0410. The summed E-state index contributed by atoms with van der Waals surface area (Å²) in [4.78, 5) is 3.92. The molecule has 1 aromatic heterocycles. The van der Waals surface area contributed by atoms with Gasteiger partial charge in [0.15, 0.2) is 0 Å². The summed E-state index contributed by atoms with van der Waals surface area (Å²) in [6, 6.07) is 9.98. The fourth-order valence-electron chi connectivity index (χ4n) is 2.43. The number of hydrogen-bond acceptors (Lipinski definition) is 4. The van der Waals surface area contributed by atoms with Crippen LogP contribution in [0.25, 0.3) is 11.3 Å². The molecule has 1 heterocycles. The van der Waals surface area contributed by atoms with E-state index >= 15 is 0 Å². The number of hydrogen-bond donors (Lipinski definition) is 1. The first-order valence-electron chi connectivity index (χ1n) is 7.80. The highest BCUT2D eigenvalue weighted by Gasteiger charge is 2.30. The van der Waals surface area contributed by atoms with Gasteiger partial charge >= 0.3 is 6.18 Å². The van der Waals surface area contributed by atoms with Crippen LogP contribution in [0.3, 0.4) is 0 Å². The molecule has 0 saturated heterocycles. The highest BCUT2D eigenvalue weighted by Crippen LogP contribution is 2.32. The summed E-state index contributed by atoms with van der Waals surface area (Å²) in [6.07, 6.45) is -2.81. The van der Waals surface area contributed by atoms with E-state index in [1.165, 1.54) is 6.07 Å². The molecule has 140 valence electrons. The number of rotatable bonds is 5. The zero-order valence-electron chi connectivity index (χ0n) is 14.1. The maximum atomic E-state index is 12.8. The van der Waals surface area contributed by atoms with Gasteiger partial charge in [0.2, 0.25) is 0 Å². The van der Waals surface area contributed by atoms with Crippen molar-refractivity contribution >= 4 is 17.8 Å². The van der Waals surface area contributed by atoms with Crippen molar-refractivity contribution in [3.8, 4) is 17.0 Å². The molecule has 0 fully saturated rings. The lowest BCUT2D eigenvalue weighted by Gasteiger charge is -2.11. The Morgan fingerprint density at radius 1 is 1.22 bits per heavy atom. The maximum Gasteiger partial charge on any atom is 0.416 e. The van der Waals surface area contributed by atoms with Gasteiger partial charge in [0.05, 0.1) is 10.6 Å². The number of nitrogens with one attached hydrogen (secondary N) is 1. The average Bonchev–Trinajstić information content (AvgIpc) is 3.09. The molecule has 0 aliphatic carbocycles. The van der Waals surface area contributed by atoms with Crippen molar-refractivity contribution in [2.24, 2.45) is 4.99 Å². The first-order chi connectivity index (χ1) is 12.9. The molecule has 0 amide bonds. The molecule has 0 aliphatic heterocycles. The predicted octanol–water partition coefficient (Wildman–Crippen LogP) is 4.77. The van der Waals surface area contributed by atoms with Crippen LogP contribution >= 0.6 is 11.6 Å². The molecule has 0 aliphatic rings. The summed E-state index contributed by atoms with van der Waals surface area (Å²) in [7, 11) is 1.63. The van der Waals surface area contributed by atoms with Crippen LogP contribution in [-0.4, -0.2) is 28.7 Å². The van der Waals surface area contributed by atoms with E-state index in [-0.39, 0.29) is 6.61 Å². The van der Waals surface area contributed by atoms with E-state index in [0.717, 1.165) is 12.1 Å². The summed E-state index contributed by atoms with van der Waals surface area (Å²) < 4.78 is 43.9. The van der Waals surface area contributed by atoms with Crippen LogP contribution < -0.4 is 4.74 Å². The van der Waals surface area contributed by atoms with Crippen molar-refractivity contribution in [2.45, 2.75) is 12.8 Å². The summed E-state index contributed by atoms with van der Waals surface area (Å²) >= 11 is 6.25. The molecule has 2 aromatic carbocycles. The lowest BCUT2D eigenvalue weighted by atomic mass is 10.1. The number of H-pyrrole nitrogens is 1. The zero-order chi connectivity index (χ0) is 19.4. The molecule has 5 nitrogen and oxygen atoms in total. The topological polar surface area (TPSA) is 63.2 Å². The molecule has 0 unspecified atom stereocenters. The molecule has 0 atom stereocenters. The first kappa shape index (κ1) is 18.9. The van der Waals surface area contributed by atoms with Crippen LogP contribution in [0.15, 0.2) is 47.5 Å². The number of ether oxygens (including phenoxy) is 1. The molecule has 27 heavy (non-hydrogen) atoms. The third kappa shape index (κ3) is 4.46. The van der Waals surface area contributed by atoms with Crippen LogP contribution in [0, 0.1) is 0 Å². The van der Waals surface area contributed by atoms with Crippen molar-refractivity contribution in [3.63, 3.8) is 0 Å². The highest BCUT2D eigenvalue weighted by atomic mass is 35.5. The number of nitrogens with zero attached hydrogens (tertiary/aromatic N) is 3. The maximum absolute atomic E-state index is 12.8. The number of benzene rings is 2. The molecular weight excluding hydrogens is 381 g/mol. The minimum atomic E-state index is -4.40. The van der Waals surface area contributed by atoms with E-state index in [1.807, 2.05) is 0 Å². The molecule has 0 spiro atoms. The van der Waals surface area contributed by atoms with Gasteiger partial charge in [-0.3, -0.25) is 10.1 Å². The quantitative estimate of drug-likeness (QED) is 0.634. The molecule has 0 radical (unpaired) electrons. The van der Waals surface area contributed by atoms with Crippen molar-refractivity contribution in [1.29, 1.82) is 0 Å². The molecule has 0 bridgehead atoms. The molecule has 3 rings (SSSR count). The Balaban J connectivity index is 1.76. The van der Waals surface area contributed by atoms with Crippen molar-refractivity contribution in [1.82, 2.24) is 15.4 Å². The Morgan fingerprint density at radius 3 is 2.74 bits per heavy atom. The summed E-state index contributed by atoms with van der Waals surface area (Å²) in [5.41, 5.74) is 1.58. The third-order valence-corrected chi connectivity index (χ3v) is 3.98. The van der Waals surface area contributed by atoms with Crippen LogP contribution in [0.2, 0.25) is 5.02 Å². The molecular formula is C18H14ClF3N4O. The monoisotopic (exact) mass is 394 g/mol. The van der Waals surface area contributed by atoms with E-state index in [1.54, 1.807) is 37.5 Å². The third-order valence-electron chi connectivity index (χ3n) is 3.69. The second-order valence-electron chi connectivity index (χ2n) is 5.59. The van der Waals surface area contributed by atoms with Crippen molar-refractivity contribution < 1.29 is 17.9 Å². The molecule has 9 heteroatoms. The van der Waals surface area contributed by atoms with E-state index < -0.39 is 11.7 Å². The number of alkyl halides is 3.